The van der Waals surface area contributed by atoms with Crippen LogP contribution in [0.3, 0.4) is 0 Å². The second-order valence-corrected chi connectivity index (χ2v) is 12.7. The lowest BCUT2D eigenvalue weighted by molar-refractivity contribution is 0.673. The highest BCUT2D eigenvalue weighted by atomic mass is 16.3. The molecule has 0 saturated carbocycles. The number of hydrogen-bond acceptors (Lipinski definition) is 2. The fourth-order valence-corrected chi connectivity index (χ4v) is 7.99. The van der Waals surface area contributed by atoms with Crippen LogP contribution < -0.4 is 0 Å². The van der Waals surface area contributed by atoms with Gasteiger partial charge in [-0.2, -0.15) is 5.26 Å². The van der Waals surface area contributed by atoms with Crippen LogP contribution in [0.5, 0.6) is 0 Å². The van der Waals surface area contributed by atoms with Gasteiger partial charge in [-0.1, -0.05) is 91.0 Å². The third-order valence-corrected chi connectivity index (χ3v) is 10.1. The summed E-state index contributed by atoms with van der Waals surface area (Å²) < 4.78 is 8.79. The molecule has 226 valence electrons. The van der Waals surface area contributed by atoms with Gasteiger partial charge in [0.15, 0.2) is 5.69 Å². The predicted octanol–water partition coefficient (Wildman–Crippen LogP) is 11.9. The minimum atomic E-state index is -0.0232. The van der Waals surface area contributed by atoms with E-state index in [1.165, 1.54) is 5.56 Å². The van der Waals surface area contributed by atoms with Crippen molar-refractivity contribution in [1.29, 1.82) is 5.26 Å². The van der Waals surface area contributed by atoms with Crippen molar-refractivity contribution < 1.29 is 4.42 Å². The number of furan rings is 1. The van der Waals surface area contributed by atoms with Crippen LogP contribution in [-0.4, -0.2) is 4.57 Å². The summed E-state index contributed by atoms with van der Waals surface area (Å²) in [6.07, 6.45) is 0. The van der Waals surface area contributed by atoms with Crippen LogP contribution in [0, 0.1) is 17.9 Å². The van der Waals surface area contributed by atoms with Crippen molar-refractivity contribution in [3.63, 3.8) is 0 Å². The van der Waals surface area contributed by atoms with Crippen LogP contribution in [0.25, 0.3) is 76.5 Å². The summed E-state index contributed by atoms with van der Waals surface area (Å²) in [5.41, 5.74) is 14.0. The molecule has 2 aromatic heterocycles. The Labute approximate surface area is 282 Å². The Bertz CT molecular complexity index is 2910. The number of hydrogen-bond donors (Lipinski definition) is 0. The molecule has 0 amide bonds. The van der Waals surface area contributed by atoms with Gasteiger partial charge in [-0.25, -0.2) is 4.85 Å². The van der Waals surface area contributed by atoms with Crippen LogP contribution in [-0.2, 0) is 0 Å². The largest absolute Gasteiger partial charge is 0.455 e. The van der Waals surface area contributed by atoms with Crippen LogP contribution in [0.4, 0.5) is 5.69 Å². The second kappa shape index (κ2) is 10.3. The first kappa shape index (κ1) is 27.3. The smallest absolute Gasteiger partial charge is 0.187 e. The van der Waals surface area contributed by atoms with E-state index in [0.29, 0.717) is 11.3 Å². The average Bonchev–Trinajstić information content (AvgIpc) is 3.82. The van der Waals surface area contributed by atoms with E-state index < -0.39 is 0 Å². The zero-order chi connectivity index (χ0) is 32.6. The molecule has 4 heteroatoms. The summed E-state index contributed by atoms with van der Waals surface area (Å²) in [5, 5.41) is 14.6. The van der Waals surface area contributed by atoms with Crippen LogP contribution in [0.2, 0.25) is 0 Å². The first-order valence-corrected chi connectivity index (χ1v) is 16.3. The SMILES string of the molecule is [C-]#[N+]c1ccc2c(c1)-c1ccccc1C2c1cc(C#N)cc(-c2ccc(-n3c4ccccc4c4c5oc6ccccc6c5ccc43)cc2)c1. The molecule has 0 spiro atoms. The summed E-state index contributed by atoms with van der Waals surface area (Å²) in [5.74, 6) is -0.0232. The zero-order valence-electron chi connectivity index (χ0n) is 26.2. The quantitative estimate of drug-likeness (QED) is 0.184. The van der Waals surface area contributed by atoms with Crippen molar-refractivity contribution in [1.82, 2.24) is 4.57 Å². The molecular weight excluding hydrogens is 599 g/mol. The van der Waals surface area contributed by atoms with Crippen LogP contribution in [0.1, 0.15) is 28.2 Å². The van der Waals surface area contributed by atoms with Crippen molar-refractivity contribution in [2.75, 3.05) is 0 Å². The lowest BCUT2D eigenvalue weighted by Gasteiger charge is -2.17. The monoisotopic (exact) mass is 623 g/mol. The number of benzene rings is 7. The van der Waals surface area contributed by atoms with E-state index in [2.05, 4.69) is 119 Å². The van der Waals surface area contributed by atoms with Crippen molar-refractivity contribution in [3.8, 4) is 34.0 Å². The fourth-order valence-electron chi connectivity index (χ4n) is 7.99. The van der Waals surface area contributed by atoms with Crippen molar-refractivity contribution in [2.24, 2.45) is 0 Å². The Balaban J connectivity index is 1.11. The summed E-state index contributed by atoms with van der Waals surface area (Å²) in [6.45, 7) is 7.56. The molecule has 0 fully saturated rings. The Kier molecular flexibility index (Phi) is 5.73. The molecule has 0 N–H and O–H groups in total. The molecule has 49 heavy (non-hydrogen) atoms. The fraction of sp³-hybridized carbons (Fsp3) is 0.0222. The molecule has 9 aromatic rings. The van der Waals surface area contributed by atoms with Gasteiger partial charge in [0.25, 0.3) is 0 Å². The highest BCUT2D eigenvalue weighted by Crippen LogP contribution is 2.49. The van der Waals surface area contributed by atoms with Crippen molar-refractivity contribution in [3.05, 3.63) is 179 Å². The Morgan fingerprint density at radius 1 is 0.633 bits per heavy atom. The van der Waals surface area contributed by atoms with E-state index in [1.54, 1.807) is 0 Å². The van der Waals surface area contributed by atoms with Gasteiger partial charge in [-0.15, -0.1) is 0 Å². The topological polar surface area (TPSA) is 46.2 Å². The second-order valence-electron chi connectivity index (χ2n) is 12.7. The van der Waals surface area contributed by atoms with Crippen molar-refractivity contribution >= 4 is 49.4 Å². The van der Waals surface area contributed by atoms with E-state index >= 15 is 0 Å². The normalized spacial score (nSPS) is 13.5. The Morgan fingerprint density at radius 3 is 2.27 bits per heavy atom. The summed E-state index contributed by atoms with van der Waals surface area (Å²) in [7, 11) is 0. The minimum Gasteiger partial charge on any atom is -0.455 e. The van der Waals surface area contributed by atoms with E-state index in [9.17, 15) is 5.26 Å². The van der Waals surface area contributed by atoms with Gasteiger partial charge in [-0.3, -0.25) is 0 Å². The first-order chi connectivity index (χ1) is 24.2. The Morgan fingerprint density at radius 2 is 1.41 bits per heavy atom. The lowest BCUT2D eigenvalue weighted by atomic mass is 9.86. The van der Waals surface area contributed by atoms with Gasteiger partial charge in [0.2, 0.25) is 0 Å². The molecule has 1 aliphatic rings. The van der Waals surface area contributed by atoms with E-state index in [4.69, 9.17) is 11.0 Å². The average molecular weight is 624 g/mol. The molecule has 7 aromatic carbocycles. The third-order valence-electron chi connectivity index (χ3n) is 10.1. The first-order valence-electron chi connectivity index (χ1n) is 16.3. The molecule has 1 aliphatic carbocycles. The summed E-state index contributed by atoms with van der Waals surface area (Å²) in [6, 6.07) is 52.7. The van der Waals surface area contributed by atoms with Gasteiger partial charge in [-0.05, 0) is 93.5 Å². The number of nitrogens with zero attached hydrogens (tertiary/aromatic N) is 3. The molecule has 2 heterocycles. The van der Waals surface area contributed by atoms with Crippen LogP contribution >= 0.6 is 0 Å². The van der Waals surface area contributed by atoms with E-state index in [0.717, 1.165) is 82.8 Å². The molecule has 4 nitrogen and oxygen atoms in total. The number of aromatic nitrogens is 1. The van der Waals surface area contributed by atoms with Gasteiger partial charge >= 0.3 is 0 Å². The van der Waals surface area contributed by atoms with Crippen LogP contribution in [0.15, 0.2) is 150 Å². The minimum absolute atomic E-state index is 0.0232. The highest BCUT2D eigenvalue weighted by molar-refractivity contribution is 6.23. The third kappa shape index (κ3) is 3.96. The maximum atomic E-state index is 10.1. The molecule has 0 bridgehead atoms. The van der Waals surface area contributed by atoms with Crippen molar-refractivity contribution in [2.45, 2.75) is 5.92 Å². The molecule has 0 saturated heterocycles. The molecule has 0 aliphatic heterocycles. The van der Waals surface area contributed by atoms with E-state index in [-0.39, 0.29) is 5.92 Å². The maximum Gasteiger partial charge on any atom is 0.187 e. The van der Waals surface area contributed by atoms with Gasteiger partial charge in [0.05, 0.1) is 34.6 Å². The number of nitriles is 1. The highest BCUT2D eigenvalue weighted by Gasteiger charge is 2.30. The molecular formula is C45H25N3O. The molecule has 10 rings (SSSR count). The van der Waals surface area contributed by atoms with Gasteiger partial charge in [0, 0.05) is 27.8 Å². The van der Waals surface area contributed by atoms with E-state index in [1.807, 2.05) is 42.5 Å². The predicted molar refractivity (Wildman–Crippen MR) is 197 cm³/mol. The summed E-state index contributed by atoms with van der Waals surface area (Å²) in [4.78, 5) is 3.68. The molecule has 1 atom stereocenters. The lowest BCUT2D eigenvalue weighted by Crippen LogP contribution is -2.00. The standard InChI is InChI=1S/C45H25N3O/c1-47-31-16-19-36-39(25-31)33-8-2-3-10-35(33)43(36)30-23-27(26-46)22-29(24-30)28-14-17-32(18-15-28)48-40-12-6-4-11-38(40)44-41(48)21-20-37-34-9-5-7-13-42(34)49-45(37)44/h2-25,43H. The Hall–Kier alpha value is -6.88. The summed E-state index contributed by atoms with van der Waals surface area (Å²) >= 11 is 0. The maximum absolute atomic E-state index is 10.1. The number of rotatable bonds is 3. The van der Waals surface area contributed by atoms with Gasteiger partial charge < -0.3 is 8.98 Å². The molecule has 1 unspecified atom stereocenters. The van der Waals surface area contributed by atoms with Gasteiger partial charge in [0.1, 0.15) is 11.2 Å². The molecule has 0 radical (unpaired) electrons. The number of para-hydroxylation sites is 2. The number of fused-ring (bicyclic) bond motifs is 10. The zero-order valence-corrected chi connectivity index (χ0v) is 26.2.